The normalized spacial score (nSPS) is 41.2. The molecule has 6 nitrogen and oxygen atoms in total. The van der Waals surface area contributed by atoms with Crippen molar-refractivity contribution in [3.8, 4) is 11.5 Å². The minimum absolute atomic E-state index is 0.00115. The van der Waals surface area contributed by atoms with Gasteiger partial charge in [0.2, 0.25) is 0 Å². The molecule has 0 aliphatic heterocycles. The van der Waals surface area contributed by atoms with Gasteiger partial charge in [-0.15, -0.1) is 0 Å². The van der Waals surface area contributed by atoms with E-state index in [0.717, 1.165) is 63.4 Å². The van der Waals surface area contributed by atoms with Crippen LogP contribution in [-0.4, -0.2) is 35.4 Å². The third-order valence-electron chi connectivity index (χ3n) is 14.6. The number of phenolic OH excluding ortho intramolecular Hbond substituents is 1. The SMILES string of the molecule is COc1cc(C=CC(=O)O[C@@H]2CC[C@]3(C)C4=CC[C@@]5(C)[C@@H]6C[C@](C)(C(=O)O)CC[C@]6(C)CC[C@]5(C)C4=CC[C@H]3C2(C)C)ccc1O. The van der Waals surface area contributed by atoms with Gasteiger partial charge in [-0.3, -0.25) is 4.79 Å². The number of aromatic hydroxyl groups is 1. The first-order valence-corrected chi connectivity index (χ1v) is 17.3. The Morgan fingerprint density at radius 3 is 2.33 bits per heavy atom. The fourth-order valence-electron chi connectivity index (χ4n) is 11.1. The van der Waals surface area contributed by atoms with E-state index in [1.807, 2.05) is 6.92 Å². The van der Waals surface area contributed by atoms with Gasteiger partial charge < -0.3 is 19.7 Å². The van der Waals surface area contributed by atoms with Crippen LogP contribution in [0.1, 0.15) is 112 Å². The summed E-state index contributed by atoms with van der Waals surface area (Å²) in [7, 11) is 1.50. The quantitative estimate of drug-likeness (QED) is 0.249. The lowest BCUT2D eigenvalue weighted by molar-refractivity contribution is -0.172. The number of fused-ring (bicyclic) bond motifs is 7. The molecule has 5 aliphatic carbocycles. The van der Waals surface area contributed by atoms with Gasteiger partial charge in [0.15, 0.2) is 11.5 Å². The fourth-order valence-corrected chi connectivity index (χ4v) is 11.1. The van der Waals surface area contributed by atoms with Crippen molar-refractivity contribution in [2.24, 2.45) is 44.3 Å². The van der Waals surface area contributed by atoms with Crippen LogP contribution in [0.2, 0.25) is 0 Å². The van der Waals surface area contributed by atoms with E-state index in [-0.39, 0.29) is 44.9 Å². The van der Waals surface area contributed by atoms with Gasteiger partial charge in [0.1, 0.15) is 6.10 Å². The van der Waals surface area contributed by atoms with E-state index in [4.69, 9.17) is 9.47 Å². The summed E-state index contributed by atoms with van der Waals surface area (Å²) in [6.07, 6.45) is 16.6. The number of ether oxygens (including phenoxy) is 2. The Bertz CT molecular complexity index is 1530. The number of aliphatic carboxylic acids is 1. The van der Waals surface area contributed by atoms with Crippen LogP contribution in [0.25, 0.3) is 6.08 Å². The van der Waals surface area contributed by atoms with Gasteiger partial charge in [-0.1, -0.05) is 59.8 Å². The van der Waals surface area contributed by atoms with E-state index >= 15 is 0 Å². The summed E-state index contributed by atoms with van der Waals surface area (Å²) in [6, 6.07) is 4.98. The third kappa shape index (κ3) is 4.71. The number of carboxylic acid groups (broad SMARTS) is 1. The average molecular weight is 631 g/mol. The summed E-state index contributed by atoms with van der Waals surface area (Å²) in [5.74, 6) is 0.118. The molecule has 46 heavy (non-hydrogen) atoms. The van der Waals surface area contributed by atoms with Crippen LogP contribution < -0.4 is 4.74 Å². The Balaban J connectivity index is 1.25. The summed E-state index contributed by atoms with van der Waals surface area (Å²) in [5.41, 5.74) is 3.07. The Morgan fingerprint density at radius 2 is 1.63 bits per heavy atom. The Kier molecular flexibility index (Phi) is 7.69. The molecule has 250 valence electrons. The molecular formula is C40H54O6. The average Bonchev–Trinajstić information content (AvgIpc) is 3.00. The van der Waals surface area contributed by atoms with Crippen molar-refractivity contribution in [1.29, 1.82) is 0 Å². The molecule has 0 amide bonds. The molecular weight excluding hydrogens is 576 g/mol. The predicted octanol–water partition coefficient (Wildman–Crippen LogP) is 9.13. The maximum atomic E-state index is 13.1. The molecule has 1 aromatic rings. The maximum absolute atomic E-state index is 13.1. The van der Waals surface area contributed by atoms with Crippen molar-refractivity contribution in [2.75, 3.05) is 7.11 Å². The highest BCUT2D eigenvalue weighted by molar-refractivity contribution is 5.87. The monoisotopic (exact) mass is 630 g/mol. The Labute approximate surface area is 275 Å². The summed E-state index contributed by atoms with van der Waals surface area (Å²) < 4.78 is 11.4. The molecule has 5 aliphatic rings. The minimum atomic E-state index is -0.653. The second kappa shape index (κ2) is 10.8. The van der Waals surface area contributed by atoms with Crippen LogP contribution in [0.3, 0.4) is 0 Å². The van der Waals surface area contributed by atoms with Gasteiger partial charge in [-0.25, -0.2) is 4.79 Å². The second-order valence-electron chi connectivity index (χ2n) is 17.2. The lowest BCUT2D eigenvalue weighted by Crippen LogP contribution is -2.61. The maximum Gasteiger partial charge on any atom is 0.331 e. The van der Waals surface area contributed by atoms with Crippen LogP contribution >= 0.6 is 0 Å². The van der Waals surface area contributed by atoms with E-state index in [0.29, 0.717) is 17.6 Å². The van der Waals surface area contributed by atoms with Crippen molar-refractivity contribution in [3.05, 3.63) is 53.1 Å². The summed E-state index contributed by atoms with van der Waals surface area (Å²) in [5, 5.41) is 20.1. The van der Waals surface area contributed by atoms with Gasteiger partial charge in [0.25, 0.3) is 0 Å². The lowest BCUT2D eigenvalue weighted by atomic mass is 9.35. The molecule has 3 saturated carbocycles. The van der Waals surface area contributed by atoms with Gasteiger partial charge in [0, 0.05) is 11.5 Å². The number of allylic oxidation sites excluding steroid dienone is 4. The van der Waals surface area contributed by atoms with E-state index in [2.05, 4.69) is 53.7 Å². The van der Waals surface area contributed by atoms with Gasteiger partial charge in [0.05, 0.1) is 12.5 Å². The first-order chi connectivity index (χ1) is 21.4. The predicted molar refractivity (Wildman–Crippen MR) is 180 cm³/mol. The first kappa shape index (κ1) is 32.9. The summed E-state index contributed by atoms with van der Waals surface area (Å²) in [6.45, 7) is 16.4. The molecule has 6 heteroatoms. The van der Waals surface area contributed by atoms with E-state index < -0.39 is 11.4 Å². The van der Waals surface area contributed by atoms with Gasteiger partial charge in [-0.2, -0.15) is 0 Å². The highest BCUT2D eigenvalue weighted by Gasteiger charge is 2.66. The highest BCUT2D eigenvalue weighted by atomic mass is 16.5. The number of esters is 1. The number of rotatable bonds is 5. The third-order valence-corrected chi connectivity index (χ3v) is 14.6. The molecule has 0 heterocycles. The van der Waals surface area contributed by atoms with Crippen molar-refractivity contribution in [2.45, 2.75) is 112 Å². The summed E-state index contributed by atoms with van der Waals surface area (Å²) >= 11 is 0. The van der Waals surface area contributed by atoms with Crippen molar-refractivity contribution in [3.63, 3.8) is 0 Å². The molecule has 6 rings (SSSR count). The molecule has 0 radical (unpaired) electrons. The zero-order valence-corrected chi connectivity index (χ0v) is 29.2. The molecule has 3 fully saturated rings. The number of benzene rings is 1. The number of methoxy groups -OCH3 is 1. The van der Waals surface area contributed by atoms with Crippen LogP contribution in [0, 0.1) is 44.3 Å². The van der Waals surface area contributed by atoms with E-state index in [1.54, 1.807) is 24.3 Å². The molecule has 0 unspecified atom stereocenters. The lowest BCUT2D eigenvalue weighted by Gasteiger charge is -2.68. The first-order valence-electron chi connectivity index (χ1n) is 17.3. The van der Waals surface area contributed by atoms with Gasteiger partial charge >= 0.3 is 11.9 Å². The number of hydrogen-bond donors (Lipinski definition) is 2. The fraction of sp³-hybridized carbons (Fsp3) is 0.650. The zero-order valence-electron chi connectivity index (χ0n) is 29.2. The highest BCUT2D eigenvalue weighted by Crippen LogP contribution is 2.74. The second-order valence-corrected chi connectivity index (χ2v) is 17.2. The van der Waals surface area contributed by atoms with Crippen LogP contribution in [0.4, 0.5) is 0 Å². The smallest absolute Gasteiger partial charge is 0.331 e. The summed E-state index contributed by atoms with van der Waals surface area (Å²) in [4.78, 5) is 25.5. The van der Waals surface area contributed by atoms with Crippen LogP contribution in [-0.2, 0) is 14.3 Å². The number of carboxylic acids is 1. The van der Waals surface area contributed by atoms with Crippen LogP contribution in [0.5, 0.6) is 11.5 Å². The molecule has 8 atom stereocenters. The number of carbonyl (C=O) groups is 2. The van der Waals surface area contributed by atoms with Crippen LogP contribution in [0.15, 0.2) is 47.6 Å². The van der Waals surface area contributed by atoms with Crippen molar-refractivity contribution in [1.82, 2.24) is 0 Å². The standard InChI is InChI=1S/C40H54O6/c1-35(2)30-13-11-27-26(15-18-40(7)31-24-37(4,34(43)44)20-19-36(31,3)21-22-39(27,40)6)38(30,5)17-16-32(35)46-33(42)14-10-25-9-12-28(41)29(23-25)45-8/h9-12,14-15,23,30-32,41H,13,16-22,24H2,1-8H3,(H,43,44)/t30-,31+,32+,36+,37+,38+,39+,40-/m0/s1. The molecule has 2 N–H and O–H groups in total. The van der Waals surface area contributed by atoms with Gasteiger partial charge in [-0.05, 0) is 133 Å². The molecule has 0 bridgehead atoms. The molecule has 0 spiro atoms. The number of phenols is 1. The van der Waals surface area contributed by atoms with E-state index in [9.17, 15) is 19.8 Å². The molecule has 0 aromatic heterocycles. The largest absolute Gasteiger partial charge is 0.504 e. The van der Waals surface area contributed by atoms with Crippen molar-refractivity contribution < 1.29 is 29.3 Å². The van der Waals surface area contributed by atoms with Crippen molar-refractivity contribution >= 4 is 18.0 Å². The molecule has 0 saturated heterocycles. The van der Waals surface area contributed by atoms with E-state index in [1.165, 1.54) is 24.3 Å². The molecule has 1 aromatic carbocycles. The zero-order chi connectivity index (χ0) is 33.5. The minimum Gasteiger partial charge on any atom is -0.504 e. The Morgan fingerprint density at radius 1 is 0.913 bits per heavy atom. The number of carbonyl (C=O) groups excluding carboxylic acids is 1. The number of hydrogen-bond acceptors (Lipinski definition) is 5. The Hall–Kier alpha value is -3.02. The topological polar surface area (TPSA) is 93.1 Å².